The van der Waals surface area contributed by atoms with E-state index >= 15 is 0 Å². The lowest BCUT2D eigenvalue weighted by atomic mass is 10.1. The van der Waals surface area contributed by atoms with E-state index < -0.39 is 23.8 Å². The summed E-state index contributed by atoms with van der Waals surface area (Å²) < 4.78 is 7.17. The lowest BCUT2D eigenvalue weighted by Gasteiger charge is -2.27. The van der Waals surface area contributed by atoms with Crippen LogP contribution >= 0.6 is 0 Å². The predicted molar refractivity (Wildman–Crippen MR) is 119 cm³/mol. The second-order valence-electron chi connectivity index (χ2n) is 7.02. The number of carbonyl (C=O) groups is 4. The van der Waals surface area contributed by atoms with Gasteiger partial charge in [0, 0.05) is 17.6 Å². The van der Waals surface area contributed by atoms with Crippen LogP contribution in [0.15, 0.2) is 72.4 Å². The van der Waals surface area contributed by atoms with Crippen LogP contribution in [0.4, 0.5) is 10.5 Å². The third-order valence-electron chi connectivity index (χ3n) is 4.95. The number of carboxylic acids is 1. The van der Waals surface area contributed by atoms with Gasteiger partial charge in [0.2, 0.25) is 0 Å². The van der Waals surface area contributed by atoms with Gasteiger partial charge in [0.05, 0.1) is 17.9 Å². The number of aromatic nitrogens is 1. The summed E-state index contributed by atoms with van der Waals surface area (Å²) in [6.07, 6.45) is 3.03. The van der Waals surface area contributed by atoms with Crippen molar-refractivity contribution in [3.63, 3.8) is 0 Å². The molecule has 9 nitrogen and oxygen atoms in total. The van der Waals surface area contributed by atoms with Gasteiger partial charge in [0.25, 0.3) is 11.8 Å². The van der Waals surface area contributed by atoms with Gasteiger partial charge in [-0.15, -0.1) is 0 Å². The Bertz CT molecular complexity index is 1310. The summed E-state index contributed by atoms with van der Waals surface area (Å²) in [6, 6.07) is 15.2. The van der Waals surface area contributed by atoms with E-state index in [2.05, 4.69) is 5.32 Å². The minimum Gasteiger partial charge on any atom is -0.492 e. The number of nitrogens with one attached hydrogen (secondary N) is 1. The van der Waals surface area contributed by atoms with Crippen molar-refractivity contribution in [2.24, 2.45) is 0 Å². The number of benzene rings is 2. The number of carboxylic acid groups (broad SMARTS) is 1. The number of imide groups is 2. The lowest BCUT2D eigenvalue weighted by Crippen LogP contribution is -2.54. The molecule has 0 radical (unpaired) electrons. The summed E-state index contributed by atoms with van der Waals surface area (Å²) in [4.78, 5) is 50.5. The molecule has 3 aromatic rings. The zero-order valence-electron chi connectivity index (χ0n) is 17.5. The second-order valence-corrected chi connectivity index (χ2v) is 7.02. The normalized spacial score (nSPS) is 15.0. The Morgan fingerprint density at radius 2 is 1.85 bits per heavy atom. The number of hydrogen-bond acceptors (Lipinski definition) is 5. The van der Waals surface area contributed by atoms with E-state index in [4.69, 9.17) is 4.74 Å². The molecular formula is C24H19N3O6. The van der Waals surface area contributed by atoms with E-state index in [1.807, 2.05) is 0 Å². The number of amides is 4. The molecular weight excluding hydrogens is 426 g/mol. The molecule has 0 bridgehead atoms. The molecule has 33 heavy (non-hydrogen) atoms. The molecule has 2 N–H and O–H groups in total. The highest BCUT2D eigenvalue weighted by Crippen LogP contribution is 2.31. The number of urea groups is 1. The summed E-state index contributed by atoms with van der Waals surface area (Å²) in [5.74, 6) is -2.39. The fourth-order valence-corrected chi connectivity index (χ4v) is 3.48. The topological polar surface area (TPSA) is 118 Å². The SMILES string of the molecule is CCOc1ccccc1N1C(=O)NC(=O)/C(=C\c2cccn2-c2cccc(C(=O)O)c2)C1=O. The molecule has 2 heterocycles. The summed E-state index contributed by atoms with van der Waals surface area (Å²) in [7, 11) is 0. The number of carbonyl (C=O) groups excluding carboxylic acids is 3. The fraction of sp³-hybridized carbons (Fsp3) is 0.0833. The first-order valence-electron chi connectivity index (χ1n) is 10.0. The molecule has 0 saturated carbocycles. The number of ether oxygens (including phenoxy) is 1. The van der Waals surface area contributed by atoms with Crippen LogP contribution in [0.2, 0.25) is 0 Å². The van der Waals surface area contributed by atoms with Crippen LogP contribution in [0.1, 0.15) is 23.0 Å². The second kappa shape index (κ2) is 8.83. The van der Waals surface area contributed by atoms with Gasteiger partial charge in [-0.2, -0.15) is 0 Å². The third kappa shape index (κ3) is 4.11. The van der Waals surface area contributed by atoms with Gasteiger partial charge in [-0.25, -0.2) is 14.5 Å². The molecule has 2 aromatic carbocycles. The standard InChI is InChI=1S/C24H19N3O6/c1-2-33-20-11-4-3-10-19(20)27-22(29)18(21(28)25-24(27)32)14-17-9-6-12-26(17)16-8-5-7-15(13-16)23(30)31/h3-14H,2H2,1H3,(H,30,31)(H,25,28,32)/b18-14+. The zero-order chi connectivity index (χ0) is 23.5. The molecule has 0 aliphatic carbocycles. The van der Waals surface area contributed by atoms with E-state index in [0.717, 1.165) is 4.90 Å². The van der Waals surface area contributed by atoms with Crippen molar-refractivity contribution in [3.05, 3.63) is 83.7 Å². The Morgan fingerprint density at radius 3 is 2.61 bits per heavy atom. The predicted octanol–water partition coefficient (Wildman–Crippen LogP) is 3.24. The van der Waals surface area contributed by atoms with Crippen LogP contribution < -0.4 is 15.0 Å². The van der Waals surface area contributed by atoms with Crippen LogP contribution in [-0.4, -0.2) is 40.1 Å². The number of nitrogens with zero attached hydrogens (tertiary/aromatic N) is 2. The zero-order valence-corrected chi connectivity index (χ0v) is 17.5. The van der Waals surface area contributed by atoms with Gasteiger partial charge < -0.3 is 14.4 Å². The molecule has 1 saturated heterocycles. The van der Waals surface area contributed by atoms with Crippen LogP contribution in [0, 0.1) is 0 Å². The van der Waals surface area contributed by atoms with Gasteiger partial charge in [-0.05, 0) is 55.5 Å². The maximum absolute atomic E-state index is 13.3. The molecule has 4 rings (SSSR count). The molecule has 0 unspecified atom stereocenters. The summed E-state index contributed by atoms with van der Waals surface area (Å²) in [5.41, 5.74) is 1.03. The highest BCUT2D eigenvalue weighted by atomic mass is 16.5. The van der Waals surface area contributed by atoms with Crippen LogP contribution in [0.5, 0.6) is 5.75 Å². The van der Waals surface area contributed by atoms with Crippen LogP contribution in [0.25, 0.3) is 11.8 Å². The number of rotatable bonds is 6. The lowest BCUT2D eigenvalue weighted by molar-refractivity contribution is -0.122. The Kier molecular flexibility index (Phi) is 5.77. The molecule has 1 aromatic heterocycles. The van der Waals surface area contributed by atoms with Gasteiger partial charge in [-0.3, -0.25) is 14.9 Å². The van der Waals surface area contributed by atoms with E-state index in [1.54, 1.807) is 66.2 Å². The minimum atomic E-state index is -1.08. The highest BCUT2D eigenvalue weighted by Gasteiger charge is 2.38. The van der Waals surface area contributed by atoms with Crippen molar-refractivity contribution < 1.29 is 29.0 Å². The number of barbiturate groups is 1. The molecule has 0 atom stereocenters. The van der Waals surface area contributed by atoms with Crippen LogP contribution in [-0.2, 0) is 9.59 Å². The minimum absolute atomic E-state index is 0.0931. The van der Waals surface area contributed by atoms with Crippen LogP contribution in [0.3, 0.4) is 0 Å². The van der Waals surface area contributed by atoms with E-state index in [9.17, 15) is 24.3 Å². The number of hydrogen-bond donors (Lipinski definition) is 2. The summed E-state index contributed by atoms with van der Waals surface area (Å²) in [5, 5.41) is 11.5. The average molecular weight is 445 g/mol. The summed E-state index contributed by atoms with van der Waals surface area (Å²) in [6.45, 7) is 2.10. The van der Waals surface area contributed by atoms with Gasteiger partial charge in [0.15, 0.2) is 0 Å². The van der Waals surface area contributed by atoms with E-state index in [1.165, 1.54) is 18.2 Å². The van der Waals surface area contributed by atoms with Crippen molar-refractivity contribution in [2.45, 2.75) is 6.92 Å². The van der Waals surface area contributed by atoms with Crippen molar-refractivity contribution in [1.29, 1.82) is 0 Å². The Morgan fingerprint density at radius 1 is 1.06 bits per heavy atom. The molecule has 1 aliphatic rings. The Balaban J connectivity index is 1.76. The molecule has 1 aliphatic heterocycles. The smallest absolute Gasteiger partial charge is 0.336 e. The number of aromatic carboxylic acids is 1. The summed E-state index contributed by atoms with van der Waals surface area (Å²) >= 11 is 0. The van der Waals surface area contributed by atoms with Gasteiger partial charge in [-0.1, -0.05) is 18.2 Å². The van der Waals surface area contributed by atoms with Gasteiger partial charge >= 0.3 is 12.0 Å². The fourth-order valence-electron chi connectivity index (χ4n) is 3.48. The van der Waals surface area contributed by atoms with E-state index in [0.29, 0.717) is 23.7 Å². The average Bonchev–Trinajstić information content (AvgIpc) is 3.26. The molecule has 0 spiro atoms. The first kappa shape index (κ1) is 21.6. The molecule has 1 fully saturated rings. The number of anilines is 1. The quantitative estimate of drug-likeness (QED) is 0.444. The maximum Gasteiger partial charge on any atom is 0.336 e. The molecule has 4 amide bonds. The first-order chi connectivity index (χ1) is 15.9. The molecule has 9 heteroatoms. The Labute approximate surface area is 188 Å². The van der Waals surface area contributed by atoms with Gasteiger partial charge in [0.1, 0.15) is 11.3 Å². The van der Waals surface area contributed by atoms with Crippen molar-refractivity contribution in [3.8, 4) is 11.4 Å². The molecule has 166 valence electrons. The maximum atomic E-state index is 13.3. The van der Waals surface area contributed by atoms with Crippen molar-refractivity contribution in [1.82, 2.24) is 9.88 Å². The Hall–Kier alpha value is -4.66. The third-order valence-corrected chi connectivity index (χ3v) is 4.95. The number of para-hydroxylation sites is 2. The highest BCUT2D eigenvalue weighted by molar-refractivity contribution is 6.39. The van der Waals surface area contributed by atoms with Crippen molar-refractivity contribution in [2.75, 3.05) is 11.5 Å². The van der Waals surface area contributed by atoms with Crippen molar-refractivity contribution >= 4 is 35.6 Å². The first-order valence-corrected chi connectivity index (χ1v) is 10.0. The largest absolute Gasteiger partial charge is 0.492 e. The monoisotopic (exact) mass is 445 g/mol. The van der Waals surface area contributed by atoms with E-state index in [-0.39, 0.29) is 16.8 Å².